The fourth-order valence-electron chi connectivity index (χ4n) is 2.68. The van der Waals surface area contributed by atoms with Gasteiger partial charge in [-0.05, 0) is 63.5 Å². The maximum Gasteiger partial charge on any atom is 0.0409 e. The Kier molecular flexibility index (Phi) is 5.04. The van der Waals surface area contributed by atoms with Gasteiger partial charge in [-0.25, -0.2) is 0 Å². The van der Waals surface area contributed by atoms with E-state index in [0.717, 1.165) is 17.5 Å². The summed E-state index contributed by atoms with van der Waals surface area (Å²) in [6, 6.07) is 8.50. The van der Waals surface area contributed by atoms with E-state index in [-0.39, 0.29) is 0 Å². The Bertz CT molecular complexity index is 381. The molecule has 0 amide bonds. The Morgan fingerprint density at radius 1 is 1.50 bits per heavy atom. The molecule has 1 unspecified atom stereocenters. The van der Waals surface area contributed by atoms with Gasteiger partial charge in [-0.15, -0.1) is 0 Å². The summed E-state index contributed by atoms with van der Waals surface area (Å²) < 4.78 is 0. The van der Waals surface area contributed by atoms with Crippen LogP contribution < -0.4 is 5.32 Å². The SMILES string of the molecule is C[C@H](NCC1CCCN(C)C1)c1cccc(Cl)c1. The van der Waals surface area contributed by atoms with Crippen molar-refractivity contribution in [3.8, 4) is 0 Å². The summed E-state index contributed by atoms with van der Waals surface area (Å²) in [5.41, 5.74) is 1.27. The molecule has 1 aromatic rings. The van der Waals surface area contributed by atoms with Crippen LogP contribution in [0.5, 0.6) is 0 Å². The van der Waals surface area contributed by atoms with Crippen molar-refractivity contribution >= 4 is 11.6 Å². The second kappa shape index (κ2) is 6.55. The van der Waals surface area contributed by atoms with Crippen LogP contribution in [0.25, 0.3) is 0 Å². The zero-order chi connectivity index (χ0) is 13.0. The molecule has 0 spiro atoms. The Morgan fingerprint density at radius 3 is 3.06 bits per heavy atom. The first-order chi connectivity index (χ1) is 8.65. The lowest BCUT2D eigenvalue weighted by Gasteiger charge is -2.30. The maximum absolute atomic E-state index is 6.02. The van der Waals surface area contributed by atoms with Gasteiger partial charge in [-0.3, -0.25) is 0 Å². The van der Waals surface area contributed by atoms with Gasteiger partial charge in [0.25, 0.3) is 0 Å². The molecule has 1 aliphatic heterocycles. The van der Waals surface area contributed by atoms with E-state index in [1.165, 1.54) is 31.5 Å². The van der Waals surface area contributed by atoms with Crippen LogP contribution in [0.2, 0.25) is 5.02 Å². The zero-order valence-electron chi connectivity index (χ0n) is 11.3. The van der Waals surface area contributed by atoms with Crippen LogP contribution in [0.1, 0.15) is 31.4 Å². The minimum atomic E-state index is 0.371. The normalized spacial score (nSPS) is 22.9. The molecule has 2 atom stereocenters. The number of nitrogens with zero attached hydrogens (tertiary/aromatic N) is 1. The highest BCUT2D eigenvalue weighted by atomic mass is 35.5. The average Bonchev–Trinajstić information content (AvgIpc) is 2.36. The van der Waals surface area contributed by atoms with Crippen LogP contribution in [0.4, 0.5) is 0 Å². The molecule has 0 bridgehead atoms. The summed E-state index contributed by atoms with van der Waals surface area (Å²) in [6.45, 7) is 5.77. The Labute approximate surface area is 115 Å². The van der Waals surface area contributed by atoms with Gasteiger partial charge in [0.05, 0.1) is 0 Å². The number of rotatable bonds is 4. The lowest BCUT2D eigenvalue weighted by Crippen LogP contribution is -2.37. The lowest BCUT2D eigenvalue weighted by atomic mass is 9.98. The fourth-order valence-corrected chi connectivity index (χ4v) is 2.88. The molecular formula is C15H23ClN2. The largest absolute Gasteiger partial charge is 0.310 e. The monoisotopic (exact) mass is 266 g/mol. The number of halogens is 1. The molecule has 1 fully saturated rings. The van der Waals surface area contributed by atoms with Crippen molar-refractivity contribution in [1.29, 1.82) is 0 Å². The van der Waals surface area contributed by atoms with Crippen molar-refractivity contribution in [2.24, 2.45) is 5.92 Å². The molecule has 2 nitrogen and oxygen atoms in total. The van der Waals surface area contributed by atoms with E-state index in [0.29, 0.717) is 6.04 Å². The van der Waals surface area contributed by atoms with Crippen molar-refractivity contribution in [3.05, 3.63) is 34.9 Å². The van der Waals surface area contributed by atoms with Gasteiger partial charge < -0.3 is 10.2 Å². The number of nitrogens with one attached hydrogen (secondary N) is 1. The number of benzene rings is 1. The molecule has 1 heterocycles. The average molecular weight is 267 g/mol. The van der Waals surface area contributed by atoms with E-state index in [4.69, 9.17) is 11.6 Å². The van der Waals surface area contributed by atoms with E-state index in [1.807, 2.05) is 18.2 Å². The standard InChI is InChI=1S/C15H23ClN2/c1-12(14-6-3-7-15(16)9-14)17-10-13-5-4-8-18(2)11-13/h3,6-7,9,12-13,17H,4-5,8,10-11H2,1-2H3/t12-,13?/m0/s1. The Hall–Kier alpha value is -0.570. The molecule has 1 saturated heterocycles. The zero-order valence-corrected chi connectivity index (χ0v) is 12.1. The molecule has 0 aliphatic carbocycles. The van der Waals surface area contributed by atoms with Crippen molar-refractivity contribution in [2.45, 2.75) is 25.8 Å². The molecule has 3 heteroatoms. The van der Waals surface area contributed by atoms with Crippen molar-refractivity contribution < 1.29 is 0 Å². The maximum atomic E-state index is 6.02. The third kappa shape index (κ3) is 3.98. The molecule has 0 saturated carbocycles. The van der Waals surface area contributed by atoms with E-state index in [9.17, 15) is 0 Å². The quantitative estimate of drug-likeness (QED) is 0.899. The summed E-state index contributed by atoms with van der Waals surface area (Å²) in [6.07, 6.45) is 2.67. The van der Waals surface area contributed by atoms with Crippen LogP contribution in [0.3, 0.4) is 0 Å². The van der Waals surface area contributed by atoms with Gasteiger partial charge in [-0.2, -0.15) is 0 Å². The summed E-state index contributed by atoms with van der Waals surface area (Å²) in [7, 11) is 2.21. The predicted molar refractivity (Wildman–Crippen MR) is 78.1 cm³/mol. The molecule has 0 aromatic heterocycles. The molecule has 1 aromatic carbocycles. The van der Waals surface area contributed by atoms with Crippen molar-refractivity contribution in [3.63, 3.8) is 0 Å². The number of piperidine rings is 1. The highest BCUT2D eigenvalue weighted by molar-refractivity contribution is 6.30. The van der Waals surface area contributed by atoms with Crippen LogP contribution in [-0.2, 0) is 0 Å². The minimum absolute atomic E-state index is 0.371. The predicted octanol–water partition coefficient (Wildman–Crippen LogP) is 3.33. The molecule has 0 radical (unpaired) electrons. The Morgan fingerprint density at radius 2 is 2.33 bits per heavy atom. The molecule has 100 valence electrons. The number of hydrogen-bond acceptors (Lipinski definition) is 2. The first kappa shape index (κ1) is 13.9. The smallest absolute Gasteiger partial charge is 0.0409 e. The second-order valence-corrected chi connectivity index (χ2v) is 5.89. The van der Waals surface area contributed by atoms with E-state index in [2.05, 4.69) is 30.3 Å². The van der Waals surface area contributed by atoms with Gasteiger partial charge in [0.1, 0.15) is 0 Å². The molecule has 18 heavy (non-hydrogen) atoms. The van der Waals surface area contributed by atoms with Gasteiger partial charge in [-0.1, -0.05) is 23.7 Å². The van der Waals surface area contributed by atoms with Crippen molar-refractivity contribution in [1.82, 2.24) is 10.2 Å². The molecular weight excluding hydrogens is 244 g/mol. The molecule has 1 N–H and O–H groups in total. The topological polar surface area (TPSA) is 15.3 Å². The van der Waals surface area contributed by atoms with Crippen LogP contribution in [0.15, 0.2) is 24.3 Å². The number of hydrogen-bond donors (Lipinski definition) is 1. The summed E-state index contributed by atoms with van der Waals surface area (Å²) in [5, 5.41) is 4.45. The van der Waals surface area contributed by atoms with Gasteiger partial charge in [0.15, 0.2) is 0 Å². The minimum Gasteiger partial charge on any atom is -0.310 e. The first-order valence-corrected chi connectivity index (χ1v) is 7.20. The highest BCUT2D eigenvalue weighted by Crippen LogP contribution is 2.19. The first-order valence-electron chi connectivity index (χ1n) is 6.82. The molecule has 2 rings (SSSR count). The van der Waals surface area contributed by atoms with Crippen LogP contribution in [-0.4, -0.2) is 31.6 Å². The Balaban J connectivity index is 1.82. The third-order valence-corrected chi connectivity index (χ3v) is 4.02. The fraction of sp³-hybridized carbons (Fsp3) is 0.600. The van der Waals surface area contributed by atoms with Crippen molar-refractivity contribution in [2.75, 3.05) is 26.7 Å². The highest BCUT2D eigenvalue weighted by Gasteiger charge is 2.17. The molecule has 1 aliphatic rings. The number of likely N-dealkylation sites (tertiary alicyclic amines) is 1. The third-order valence-electron chi connectivity index (χ3n) is 3.78. The van der Waals surface area contributed by atoms with Crippen LogP contribution >= 0.6 is 11.6 Å². The van der Waals surface area contributed by atoms with E-state index >= 15 is 0 Å². The van der Waals surface area contributed by atoms with Gasteiger partial charge >= 0.3 is 0 Å². The van der Waals surface area contributed by atoms with Gasteiger partial charge in [0, 0.05) is 17.6 Å². The van der Waals surface area contributed by atoms with Crippen LogP contribution in [0, 0.1) is 5.92 Å². The van der Waals surface area contributed by atoms with E-state index < -0.39 is 0 Å². The summed E-state index contributed by atoms with van der Waals surface area (Å²) in [4.78, 5) is 2.43. The second-order valence-electron chi connectivity index (χ2n) is 5.46. The lowest BCUT2D eigenvalue weighted by molar-refractivity contribution is 0.203. The van der Waals surface area contributed by atoms with Gasteiger partial charge in [0.2, 0.25) is 0 Å². The summed E-state index contributed by atoms with van der Waals surface area (Å²) in [5.74, 6) is 0.783. The summed E-state index contributed by atoms with van der Waals surface area (Å²) >= 11 is 6.02. The van der Waals surface area contributed by atoms with E-state index in [1.54, 1.807) is 0 Å².